The van der Waals surface area contributed by atoms with Crippen LogP contribution < -0.4 is 4.90 Å². The maximum Gasteiger partial charge on any atom is 0.194 e. The molecule has 0 atom stereocenters. The van der Waals surface area contributed by atoms with Crippen LogP contribution in [0.1, 0.15) is 36.1 Å². The first-order valence-corrected chi connectivity index (χ1v) is 19.3. The SMILES string of the molecule is [C-]#[N+]c1ccc(-c2c3ccccc3c(/C=C/c3ccc(N(c4ccc(F)cc4)c4ccc5c(c4)C(C)(C)c4ccccc4-5)cc3)c3ccccc23)c2ccccc12. The molecule has 0 N–H and O–H groups in total. The van der Waals surface area contributed by atoms with Gasteiger partial charge in [0.05, 0.1) is 6.57 Å². The minimum atomic E-state index is -0.260. The molecule has 1 aliphatic rings. The van der Waals surface area contributed by atoms with Gasteiger partial charge in [0.1, 0.15) is 5.82 Å². The van der Waals surface area contributed by atoms with Crippen molar-refractivity contribution in [3.05, 3.63) is 215 Å². The Morgan fingerprint density at radius 3 is 1.68 bits per heavy atom. The van der Waals surface area contributed by atoms with Gasteiger partial charge in [-0.25, -0.2) is 9.24 Å². The summed E-state index contributed by atoms with van der Waals surface area (Å²) in [6.07, 6.45) is 4.43. The van der Waals surface area contributed by atoms with E-state index in [4.69, 9.17) is 6.57 Å². The zero-order valence-electron chi connectivity index (χ0n) is 31.7. The normalized spacial score (nSPS) is 12.9. The summed E-state index contributed by atoms with van der Waals surface area (Å²) in [5.41, 5.74) is 13.1. The van der Waals surface area contributed by atoms with Crippen LogP contribution in [0.15, 0.2) is 176 Å². The van der Waals surface area contributed by atoms with E-state index >= 15 is 0 Å². The number of hydrogen-bond donors (Lipinski definition) is 0. The van der Waals surface area contributed by atoms with Crippen LogP contribution in [-0.4, -0.2) is 0 Å². The van der Waals surface area contributed by atoms with Crippen LogP contribution in [0.25, 0.3) is 71.6 Å². The molecule has 0 spiro atoms. The Bertz CT molecular complexity index is 3050. The summed E-state index contributed by atoms with van der Waals surface area (Å²) in [7, 11) is 0. The minimum Gasteiger partial charge on any atom is -0.310 e. The number of rotatable bonds is 6. The molecule has 0 unspecified atom stereocenters. The molecule has 0 fully saturated rings. The Morgan fingerprint density at radius 2 is 1.02 bits per heavy atom. The van der Waals surface area contributed by atoms with Gasteiger partial charge in [-0.2, -0.15) is 0 Å². The van der Waals surface area contributed by atoms with Crippen molar-refractivity contribution in [1.82, 2.24) is 0 Å². The number of halogens is 1. The van der Waals surface area contributed by atoms with E-state index in [9.17, 15) is 4.39 Å². The van der Waals surface area contributed by atoms with Gasteiger partial charge >= 0.3 is 0 Å². The van der Waals surface area contributed by atoms with Crippen LogP contribution in [0.2, 0.25) is 0 Å². The van der Waals surface area contributed by atoms with E-state index in [0.717, 1.165) is 44.5 Å². The van der Waals surface area contributed by atoms with Gasteiger partial charge < -0.3 is 4.90 Å². The van der Waals surface area contributed by atoms with Crippen LogP contribution in [0.4, 0.5) is 27.1 Å². The summed E-state index contributed by atoms with van der Waals surface area (Å²) >= 11 is 0. The van der Waals surface area contributed by atoms with Crippen molar-refractivity contribution in [3.63, 3.8) is 0 Å². The topological polar surface area (TPSA) is 7.60 Å². The Balaban J connectivity index is 1.06. The first kappa shape index (κ1) is 34.2. The van der Waals surface area contributed by atoms with Gasteiger partial charge in [0.2, 0.25) is 0 Å². The molecule has 0 saturated carbocycles. The zero-order valence-corrected chi connectivity index (χ0v) is 31.7. The first-order valence-electron chi connectivity index (χ1n) is 19.3. The number of fused-ring (bicyclic) bond motifs is 6. The van der Waals surface area contributed by atoms with Crippen molar-refractivity contribution >= 4 is 67.2 Å². The maximum atomic E-state index is 14.2. The second-order valence-electron chi connectivity index (χ2n) is 15.3. The summed E-state index contributed by atoms with van der Waals surface area (Å²) < 4.78 is 14.2. The third-order valence-corrected chi connectivity index (χ3v) is 11.8. The smallest absolute Gasteiger partial charge is 0.194 e. The predicted octanol–water partition coefficient (Wildman–Crippen LogP) is 15.4. The highest BCUT2D eigenvalue weighted by molar-refractivity contribution is 6.21. The van der Waals surface area contributed by atoms with E-state index in [2.05, 4.69) is 169 Å². The first-order chi connectivity index (χ1) is 27.9. The molecule has 270 valence electrons. The summed E-state index contributed by atoms with van der Waals surface area (Å²) in [6.45, 7) is 12.4. The lowest BCUT2D eigenvalue weighted by Crippen LogP contribution is -2.16. The van der Waals surface area contributed by atoms with E-state index in [1.807, 2.05) is 30.3 Å². The molecular weight excluding hydrogens is 696 g/mol. The quantitative estimate of drug-likeness (QED) is 0.0938. The number of nitrogens with zero attached hydrogens (tertiary/aromatic N) is 2. The second-order valence-corrected chi connectivity index (χ2v) is 15.3. The summed E-state index contributed by atoms with van der Waals surface area (Å²) in [5, 5.41) is 6.72. The van der Waals surface area contributed by atoms with Gasteiger partial charge in [-0.1, -0.05) is 153 Å². The standard InChI is InChI=1S/C54H37FN2/c1-54(2)50-19-11-10-15-44(50)45-31-29-39(34-51(45)54)57(38-27-23-36(55)24-28-38)37-25-20-35(21-26-37)22-30-43-40-12-5-8-17-47(40)53(48-18-9-6-13-41(43)48)49-32-33-52(56-3)46-16-7-4-14-42(46)49/h4-34H,1-2H3/b30-22+. The molecule has 1 aliphatic carbocycles. The van der Waals surface area contributed by atoms with Crippen LogP contribution >= 0.6 is 0 Å². The highest BCUT2D eigenvalue weighted by Crippen LogP contribution is 2.51. The molecule has 0 saturated heterocycles. The third-order valence-electron chi connectivity index (χ3n) is 11.8. The van der Waals surface area contributed by atoms with Gasteiger partial charge in [0, 0.05) is 22.5 Å². The van der Waals surface area contributed by atoms with Crippen molar-refractivity contribution in [2.24, 2.45) is 0 Å². The van der Waals surface area contributed by atoms with Gasteiger partial charge in [0.25, 0.3) is 0 Å². The Labute approximate surface area is 332 Å². The number of benzene rings is 9. The fraction of sp³-hybridized carbons (Fsp3) is 0.0556. The molecule has 3 heteroatoms. The highest BCUT2D eigenvalue weighted by atomic mass is 19.1. The lowest BCUT2D eigenvalue weighted by atomic mass is 9.82. The van der Waals surface area contributed by atoms with Crippen LogP contribution in [0, 0.1) is 12.4 Å². The molecule has 0 bridgehead atoms. The molecule has 0 aromatic heterocycles. The van der Waals surface area contributed by atoms with E-state index in [1.165, 1.54) is 61.5 Å². The predicted molar refractivity (Wildman–Crippen MR) is 238 cm³/mol. The van der Waals surface area contributed by atoms with Crippen molar-refractivity contribution in [1.29, 1.82) is 0 Å². The maximum absolute atomic E-state index is 14.2. The van der Waals surface area contributed by atoms with E-state index in [0.29, 0.717) is 5.69 Å². The Morgan fingerprint density at radius 1 is 0.491 bits per heavy atom. The minimum absolute atomic E-state index is 0.144. The largest absolute Gasteiger partial charge is 0.310 e. The monoisotopic (exact) mass is 732 g/mol. The molecule has 9 aromatic rings. The third kappa shape index (κ3) is 5.61. The van der Waals surface area contributed by atoms with Gasteiger partial charge in [0.15, 0.2) is 5.69 Å². The van der Waals surface area contributed by atoms with Crippen LogP contribution in [0.5, 0.6) is 0 Å². The molecule has 9 aromatic carbocycles. The average Bonchev–Trinajstić information content (AvgIpc) is 3.48. The number of anilines is 3. The lowest BCUT2D eigenvalue weighted by molar-refractivity contribution is 0.628. The van der Waals surface area contributed by atoms with Crippen molar-refractivity contribution in [2.45, 2.75) is 19.3 Å². The Kier molecular flexibility index (Phi) is 8.09. The Hall–Kier alpha value is -7.28. The van der Waals surface area contributed by atoms with Crippen LogP contribution in [0.3, 0.4) is 0 Å². The summed E-state index contributed by atoms with van der Waals surface area (Å²) in [5.74, 6) is -0.260. The van der Waals surface area contributed by atoms with Crippen molar-refractivity contribution in [3.8, 4) is 22.3 Å². The average molecular weight is 733 g/mol. The molecule has 0 heterocycles. The lowest BCUT2D eigenvalue weighted by Gasteiger charge is -2.28. The fourth-order valence-corrected chi connectivity index (χ4v) is 9.01. The molecule has 10 rings (SSSR count). The molecule has 0 radical (unpaired) electrons. The molecule has 0 amide bonds. The zero-order chi connectivity index (χ0) is 38.7. The summed E-state index contributed by atoms with van der Waals surface area (Å²) in [4.78, 5) is 6.03. The van der Waals surface area contributed by atoms with Gasteiger partial charge in [-0.05, 0) is 125 Å². The second kappa shape index (κ2) is 13.5. The molecule has 0 aliphatic heterocycles. The van der Waals surface area contributed by atoms with E-state index in [-0.39, 0.29) is 11.2 Å². The molecule has 2 nitrogen and oxygen atoms in total. The van der Waals surface area contributed by atoms with Crippen molar-refractivity contribution in [2.75, 3.05) is 4.90 Å². The van der Waals surface area contributed by atoms with Gasteiger partial charge in [-0.15, -0.1) is 0 Å². The van der Waals surface area contributed by atoms with E-state index in [1.54, 1.807) is 0 Å². The van der Waals surface area contributed by atoms with E-state index < -0.39 is 0 Å². The molecule has 57 heavy (non-hydrogen) atoms. The van der Waals surface area contributed by atoms with Gasteiger partial charge in [-0.3, -0.25) is 0 Å². The highest BCUT2D eigenvalue weighted by Gasteiger charge is 2.35. The fourth-order valence-electron chi connectivity index (χ4n) is 9.01. The summed E-state index contributed by atoms with van der Waals surface area (Å²) in [6, 6.07) is 60.3. The number of hydrogen-bond acceptors (Lipinski definition) is 1. The van der Waals surface area contributed by atoms with Crippen LogP contribution in [-0.2, 0) is 5.41 Å². The molecular formula is C54H37FN2. The van der Waals surface area contributed by atoms with Crippen molar-refractivity contribution < 1.29 is 4.39 Å².